The molecule has 0 amide bonds. The summed E-state index contributed by atoms with van der Waals surface area (Å²) < 4.78 is 11.2. The number of aromatic nitrogens is 1. The van der Waals surface area contributed by atoms with Gasteiger partial charge in [0.05, 0.1) is 18.8 Å². The molecule has 1 aliphatic heterocycles. The minimum atomic E-state index is -1.37. The average Bonchev–Trinajstić information content (AvgIpc) is 2.66. The lowest BCUT2D eigenvalue weighted by atomic mass is 9.99. The van der Waals surface area contributed by atoms with Crippen LogP contribution in [0.1, 0.15) is 56.8 Å². The van der Waals surface area contributed by atoms with E-state index in [0.717, 1.165) is 12.8 Å². The van der Waals surface area contributed by atoms with Gasteiger partial charge in [-0.05, 0) is 32.3 Å². The second-order valence-corrected chi connectivity index (χ2v) is 4.85. The molecule has 1 aromatic rings. The van der Waals surface area contributed by atoms with E-state index in [1.165, 1.54) is 0 Å². The fourth-order valence-electron chi connectivity index (χ4n) is 2.43. The van der Waals surface area contributed by atoms with E-state index in [1.54, 1.807) is 13.8 Å². The molecule has 1 fully saturated rings. The molecule has 0 unspecified atom stereocenters. The summed E-state index contributed by atoms with van der Waals surface area (Å²) >= 11 is 0. The van der Waals surface area contributed by atoms with E-state index < -0.39 is 23.9 Å². The minimum absolute atomic E-state index is 0.319. The Morgan fingerprint density at radius 3 is 2.14 bits per heavy atom. The molecular formula is C14H17NO6. The van der Waals surface area contributed by atoms with Crippen LogP contribution in [0.5, 0.6) is 0 Å². The number of rotatable bonds is 3. The maximum Gasteiger partial charge on any atom is 0.355 e. The number of hydrogen-bond acceptors (Lipinski definition) is 5. The van der Waals surface area contributed by atoms with Crippen LogP contribution in [-0.4, -0.2) is 40.3 Å². The minimum Gasteiger partial charge on any atom is -0.478 e. The summed E-state index contributed by atoms with van der Waals surface area (Å²) in [5, 5.41) is 18.4. The third-order valence-electron chi connectivity index (χ3n) is 3.41. The molecule has 7 nitrogen and oxygen atoms in total. The highest BCUT2D eigenvalue weighted by Crippen LogP contribution is 2.30. The first-order valence-electron chi connectivity index (χ1n) is 6.64. The second-order valence-electron chi connectivity index (χ2n) is 4.85. The number of hydrogen-bond donors (Lipinski definition) is 2. The van der Waals surface area contributed by atoms with E-state index in [4.69, 9.17) is 14.6 Å². The van der Waals surface area contributed by atoms with E-state index in [1.807, 2.05) is 0 Å². The van der Waals surface area contributed by atoms with Crippen molar-refractivity contribution >= 4 is 11.9 Å². The molecule has 1 aromatic heterocycles. The monoisotopic (exact) mass is 295 g/mol. The molecule has 2 heterocycles. The van der Waals surface area contributed by atoms with E-state index in [-0.39, 0.29) is 5.56 Å². The van der Waals surface area contributed by atoms with Gasteiger partial charge in [0.15, 0.2) is 12.0 Å². The molecule has 0 aromatic carbocycles. The summed E-state index contributed by atoms with van der Waals surface area (Å²) in [5.74, 6) is -2.69. The fraction of sp³-hybridized carbons (Fsp3) is 0.500. The smallest absolute Gasteiger partial charge is 0.355 e. The van der Waals surface area contributed by atoms with Crippen molar-refractivity contribution in [2.24, 2.45) is 0 Å². The predicted octanol–water partition coefficient (Wildman–Crippen LogP) is 1.92. The molecule has 0 radical (unpaired) electrons. The van der Waals surface area contributed by atoms with Gasteiger partial charge in [0, 0.05) is 11.3 Å². The van der Waals surface area contributed by atoms with Crippen molar-refractivity contribution in [3.63, 3.8) is 0 Å². The first-order chi connectivity index (χ1) is 9.93. The Morgan fingerprint density at radius 1 is 1.10 bits per heavy atom. The Bertz CT molecular complexity index is 575. The van der Waals surface area contributed by atoms with Crippen LogP contribution in [0.15, 0.2) is 0 Å². The zero-order chi connectivity index (χ0) is 15.6. The molecule has 21 heavy (non-hydrogen) atoms. The number of aryl methyl sites for hydroxylation is 1. The maximum absolute atomic E-state index is 11.4. The van der Waals surface area contributed by atoms with Crippen LogP contribution < -0.4 is 0 Å². The van der Waals surface area contributed by atoms with E-state index in [2.05, 4.69) is 4.98 Å². The molecule has 114 valence electrons. The Labute approximate surface area is 121 Å². The summed E-state index contributed by atoms with van der Waals surface area (Å²) in [7, 11) is 0. The number of ether oxygens (including phenoxy) is 2. The predicted molar refractivity (Wildman–Crippen MR) is 71.5 cm³/mol. The largest absolute Gasteiger partial charge is 0.478 e. The number of aromatic carboxylic acids is 2. The van der Waals surface area contributed by atoms with E-state index in [9.17, 15) is 14.7 Å². The molecule has 1 saturated heterocycles. The van der Waals surface area contributed by atoms with Crippen molar-refractivity contribution in [2.75, 3.05) is 13.2 Å². The van der Waals surface area contributed by atoms with Crippen LogP contribution in [0.3, 0.4) is 0 Å². The average molecular weight is 295 g/mol. The van der Waals surface area contributed by atoms with Crippen molar-refractivity contribution in [1.29, 1.82) is 0 Å². The molecule has 0 atom stereocenters. The lowest BCUT2D eigenvalue weighted by Gasteiger charge is -2.21. The molecule has 0 spiro atoms. The highest BCUT2D eigenvalue weighted by Gasteiger charge is 2.29. The van der Waals surface area contributed by atoms with Crippen LogP contribution in [0.2, 0.25) is 0 Å². The van der Waals surface area contributed by atoms with Gasteiger partial charge in [0.2, 0.25) is 0 Å². The number of carbonyl (C=O) groups is 2. The number of carboxylic acids is 2. The summed E-state index contributed by atoms with van der Waals surface area (Å²) in [6.45, 7) is 4.19. The number of pyridine rings is 1. The Kier molecular flexibility index (Phi) is 4.54. The lowest BCUT2D eigenvalue weighted by molar-refractivity contribution is -0.131. The van der Waals surface area contributed by atoms with Crippen molar-refractivity contribution in [3.8, 4) is 0 Å². The lowest BCUT2D eigenvalue weighted by Crippen LogP contribution is -2.19. The second kappa shape index (κ2) is 6.19. The Hall–Kier alpha value is -1.99. The van der Waals surface area contributed by atoms with Gasteiger partial charge < -0.3 is 19.7 Å². The normalized spacial score (nSPS) is 16.5. The van der Waals surface area contributed by atoms with Gasteiger partial charge in [0.25, 0.3) is 0 Å². The Morgan fingerprint density at radius 2 is 1.67 bits per heavy atom. The number of nitrogens with zero attached hydrogens (tertiary/aromatic N) is 1. The van der Waals surface area contributed by atoms with Gasteiger partial charge in [-0.1, -0.05) is 0 Å². The summed E-state index contributed by atoms with van der Waals surface area (Å²) in [6.07, 6.45) is 1.02. The van der Waals surface area contributed by atoms with E-state index >= 15 is 0 Å². The van der Waals surface area contributed by atoms with Gasteiger partial charge in [-0.25, -0.2) is 14.6 Å². The quantitative estimate of drug-likeness (QED) is 0.877. The third kappa shape index (κ3) is 3.03. The first kappa shape index (κ1) is 15.4. The molecule has 2 N–H and O–H groups in total. The zero-order valence-electron chi connectivity index (χ0n) is 11.9. The van der Waals surface area contributed by atoms with Crippen LogP contribution in [0.4, 0.5) is 0 Å². The SMILES string of the molecule is Cc1nc(C(=O)O)c(C(=O)O)c(C)c1C1OCCCCO1. The fourth-order valence-corrected chi connectivity index (χ4v) is 2.43. The van der Waals surface area contributed by atoms with Crippen molar-refractivity contribution in [1.82, 2.24) is 4.98 Å². The molecule has 0 saturated carbocycles. The third-order valence-corrected chi connectivity index (χ3v) is 3.41. The number of carboxylic acid groups (broad SMARTS) is 2. The van der Waals surface area contributed by atoms with Crippen molar-refractivity contribution in [2.45, 2.75) is 33.0 Å². The summed E-state index contributed by atoms with van der Waals surface area (Å²) in [6, 6.07) is 0. The summed E-state index contributed by atoms with van der Waals surface area (Å²) in [4.78, 5) is 26.5. The molecule has 7 heteroatoms. The van der Waals surface area contributed by atoms with Gasteiger partial charge >= 0.3 is 11.9 Å². The zero-order valence-corrected chi connectivity index (χ0v) is 11.9. The van der Waals surface area contributed by atoms with Crippen LogP contribution >= 0.6 is 0 Å². The highest BCUT2D eigenvalue weighted by atomic mass is 16.7. The van der Waals surface area contributed by atoms with Crippen LogP contribution in [0, 0.1) is 13.8 Å². The van der Waals surface area contributed by atoms with Gasteiger partial charge in [-0.15, -0.1) is 0 Å². The molecule has 2 rings (SSSR count). The standard InChI is InChI=1S/C14H17NO6/c1-7-9(14-20-5-3-4-6-21-14)8(2)15-11(13(18)19)10(7)12(16)17/h14H,3-6H2,1-2H3,(H,16,17)(H,18,19). The molecular weight excluding hydrogens is 278 g/mol. The molecule has 0 bridgehead atoms. The first-order valence-corrected chi connectivity index (χ1v) is 6.64. The maximum atomic E-state index is 11.4. The topological polar surface area (TPSA) is 106 Å². The molecule has 1 aliphatic rings. The summed E-state index contributed by atoms with van der Waals surface area (Å²) in [5.41, 5.74) is 0.440. The van der Waals surface area contributed by atoms with E-state index in [0.29, 0.717) is 30.0 Å². The highest BCUT2D eigenvalue weighted by molar-refractivity contribution is 6.01. The van der Waals surface area contributed by atoms with Crippen LogP contribution in [-0.2, 0) is 9.47 Å². The van der Waals surface area contributed by atoms with Gasteiger partial charge in [-0.3, -0.25) is 0 Å². The van der Waals surface area contributed by atoms with Gasteiger partial charge in [-0.2, -0.15) is 0 Å². The van der Waals surface area contributed by atoms with Gasteiger partial charge in [0.1, 0.15) is 0 Å². The van der Waals surface area contributed by atoms with Crippen molar-refractivity contribution in [3.05, 3.63) is 28.1 Å². The Balaban J connectivity index is 2.58. The molecule has 0 aliphatic carbocycles. The van der Waals surface area contributed by atoms with Crippen molar-refractivity contribution < 1.29 is 29.3 Å². The van der Waals surface area contributed by atoms with Crippen LogP contribution in [0.25, 0.3) is 0 Å².